The predicted octanol–water partition coefficient (Wildman–Crippen LogP) is 3.86. The van der Waals surface area contributed by atoms with Gasteiger partial charge in [0, 0.05) is 24.0 Å². The number of amides is 3. The van der Waals surface area contributed by atoms with Crippen LogP contribution < -0.4 is 15.4 Å². The average molecular weight is 476 g/mol. The molecule has 0 radical (unpaired) electrons. The van der Waals surface area contributed by atoms with Crippen LogP contribution in [-0.4, -0.2) is 35.5 Å². The zero-order chi connectivity index (χ0) is 23.9. The van der Waals surface area contributed by atoms with Crippen LogP contribution in [-0.2, 0) is 30.7 Å². The van der Waals surface area contributed by atoms with E-state index in [4.69, 9.17) is 4.74 Å². The number of para-hydroxylation sites is 1. The Labute approximate surface area is 202 Å². The second-order valence-electron chi connectivity index (χ2n) is 7.83. The molecule has 2 aromatic heterocycles. The number of benzene rings is 1. The number of aryl methyl sites for hydroxylation is 1. The van der Waals surface area contributed by atoms with E-state index in [-0.39, 0.29) is 18.4 Å². The fraction of sp³-hybridized carbons (Fsp3) is 0.280. The summed E-state index contributed by atoms with van der Waals surface area (Å²) >= 11 is 1.37. The maximum absolute atomic E-state index is 12.6. The standard InChI is InChI=1S/C25H25N5O3S/c1-33-21-8-3-2-6-17(21)9-10-23(31)29-24-20(14-26)19-11-13-30(16-22(19)34-24)25(32)28-15-18-7-4-5-12-27-18/h2-8,12H,9-11,13,15-16H2,1H3,(H,28,32)(H,29,31). The van der Waals surface area contributed by atoms with Crippen LogP contribution in [0.2, 0.25) is 0 Å². The Morgan fingerprint density at radius 3 is 2.82 bits per heavy atom. The molecule has 0 spiro atoms. The van der Waals surface area contributed by atoms with E-state index in [1.807, 2.05) is 42.5 Å². The van der Waals surface area contributed by atoms with Gasteiger partial charge in [-0.3, -0.25) is 9.78 Å². The lowest BCUT2D eigenvalue weighted by Crippen LogP contribution is -2.42. The number of nitrogens with one attached hydrogen (secondary N) is 2. The van der Waals surface area contributed by atoms with Crippen molar-refractivity contribution in [2.75, 3.05) is 19.0 Å². The summed E-state index contributed by atoms with van der Waals surface area (Å²) in [5.41, 5.74) is 3.16. The van der Waals surface area contributed by atoms with Gasteiger partial charge >= 0.3 is 6.03 Å². The topological polar surface area (TPSA) is 107 Å². The molecule has 2 N–H and O–H groups in total. The normalized spacial score (nSPS) is 12.4. The van der Waals surface area contributed by atoms with Crippen molar-refractivity contribution < 1.29 is 14.3 Å². The van der Waals surface area contributed by atoms with Crippen molar-refractivity contribution in [2.45, 2.75) is 32.4 Å². The number of nitrogens with zero attached hydrogens (tertiary/aromatic N) is 3. The van der Waals surface area contributed by atoms with Crippen LogP contribution in [0, 0.1) is 11.3 Å². The van der Waals surface area contributed by atoms with Gasteiger partial charge in [-0.15, -0.1) is 11.3 Å². The van der Waals surface area contributed by atoms with Crippen molar-refractivity contribution in [3.63, 3.8) is 0 Å². The molecule has 0 saturated heterocycles. The summed E-state index contributed by atoms with van der Waals surface area (Å²) < 4.78 is 5.35. The number of carbonyl (C=O) groups is 2. The molecular weight excluding hydrogens is 450 g/mol. The minimum atomic E-state index is -0.175. The van der Waals surface area contributed by atoms with Crippen LogP contribution in [0.25, 0.3) is 0 Å². The van der Waals surface area contributed by atoms with E-state index in [2.05, 4.69) is 21.7 Å². The van der Waals surface area contributed by atoms with Crippen LogP contribution in [0.1, 0.15) is 33.7 Å². The van der Waals surface area contributed by atoms with Gasteiger partial charge in [-0.1, -0.05) is 24.3 Å². The van der Waals surface area contributed by atoms with E-state index in [0.29, 0.717) is 43.0 Å². The highest BCUT2D eigenvalue weighted by molar-refractivity contribution is 7.16. The zero-order valence-electron chi connectivity index (χ0n) is 18.8. The number of carbonyl (C=O) groups excluding carboxylic acids is 2. The van der Waals surface area contributed by atoms with Crippen LogP contribution in [0.15, 0.2) is 48.7 Å². The summed E-state index contributed by atoms with van der Waals surface area (Å²) in [6.07, 6.45) is 3.07. The Morgan fingerprint density at radius 2 is 2.06 bits per heavy atom. The first-order valence-electron chi connectivity index (χ1n) is 11.0. The van der Waals surface area contributed by atoms with Crippen molar-refractivity contribution in [2.24, 2.45) is 0 Å². The number of hydrogen-bond acceptors (Lipinski definition) is 6. The predicted molar refractivity (Wildman–Crippen MR) is 130 cm³/mol. The second-order valence-corrected chi connectivity index (χ2v) is 8.94. The third kappa shape index (κ3) is 5.35. The molecule has 0 unspecified atom stereocenters. The van der Waals surface area contributed by atoms with E-state index < -0.39 is 0 Å². The van der Waals surface area contributed by atoms with Gasteiger partial charge in [-0.2, -0.15) is 5.26 Å². The van der Waals surface area contributed by atoms with Gasteiger partial charge < -0.3 is 20.3 Å². The quantitative estimate of drug-likeness (QED) is 0.540. The Morgan fingerprint density at radius 1 is 1.24 bits per heavy atom. The summed E-state index contributed by atoms with van der Waals surface area (Å²) in [4.78, 5) is 32.1. The van der Waals surface area contributed by atoms with Crippen molar-refractivity contribution in [3.8, 4) is 11.8 Å². The number of rotatable bonds is 7. The largest absolute Gasteiger partial charge is 0.496 e. The number of methoxy groups -OCH3 is 1. The fourth-order valence-electron chi connectivity index (χ4n) is 3.91. The van der Waals surface area contributed by atoms with Gasteiger partial charge in [0.1, 0.15) is 16.8 Å². The molecular formula is C25H25N5O3S. The summed E-state index contributed by atoms with van der Waals surface area (Å²) in [7, 11) is 1.61. The lowest BCUT2D eigenvalue weighted by molar-refractivity contribution is -0.116. The smallest absolute Gasteiger partial charge is 0.318 e. The molecule has 1 aliphatic heterocycles. The second kappa shape index (κ2) is 10.8. The molecule has 34 heavy (non-hydrogen) atoms. The summed E-state index contributed by atoms with van der Waals surface area (Å²) in [5.74, 6) is 0.590. The molecule has 8 nitrogen and oxygen atoms in total. The number of pyridine rings is 1. The first-order chi connectivity index (χ1) is 16.6. The number of fused-ring (bicyclic) bond motifs is 1. The van der Waals surface area contributed by atoms with Gasteiger partial charge in [0.2, 0.25) is 5.91 Å². The lowest BCUT2D eigenvalue weighted by atomic mass is 10.0. The highest BCUT2D eigenvalue weighted by atomic mass is 32.1. The summed E-state index contributed by atoms with van der Waals surface area (Å²) in [6.45, 7) is 1.26. The Hall–Kier alpha value is -3.90. The van der Waals surface area contributed by atoms with Crippen LogP contribution in [0.5, 0.6) is 5.75 Å². The van der Waals surface area contributed by atoms with Crippen LogP contribution >= 0.6 is 11.3 Å². The highest BCUT2D eigenvalue weighted by Gasteiger charge is 2.27. The minimum absolute atomic E-state index is 0.161. The van der Waals surface area contributed by atoms with Gasteiger partial charge in [0.05, 0.1) is 31.5 Å². The molecule has 4 rings (SSSR count). The van der Waals surface area contributed by atoms with E-state index in [9.17, 15) is 14.9 Å². The van der Waals surface area contributed by atoms with E-state index in [1.165, 1.54) is 11.3 Å². The molecule has 0 aliphatic carbocycles. The lowest BCUT2D eigenvalue weighted by Gasteiger charge is -2.27. The van der Waals surface area contributed by atoms with Crippen molar-refractivity contribution in [3.05, 3.63) is 75.9 Å². The molecule has 0 fully saturated rings. The van der Waals surface area contributed by atoms with Gasteiger partial charge in [0.25, 0.3) is 0 Å². The highest BCUT2D eigenvalue weighted by Crippen LogP contribution is 2.36. The maximum Gasteiger partial charge on any atom is 0.318 e. The molecule has 174 valence electrons. The summed E-state index contributed by atoms with van der Waals surface area (Å²) in [6, 6.07) is 15.2. The number of urea groups is 1. The van der Waals surface area contributed by atoms with Gasteiger partial charge in [-0.05, 0) is 42.2 Å². The van der Waals surface area contributed by atoms with Crippen molar-refractivity contribution in [1.82, 2.24) is 15.2 Å². The third-order valence-corrected chi connectivity index (χ3v) is 6.80. The monoisotopic (exact) mass is 475 g/mol. The molecule has 1 aromatic carbocycles. The first-order valence-corrected chi connectivity index (χ1v) is 11.8. The van der Waals surface area contributed by atoms with Crippen molar-refractivity contribution in [1.29, 1.82) is 5.26 Å². The minimum Gasteiger partial charge on any atom is -0.496 e. The molecule has 0 saturated carbocycles. The molecule has 0 bridgehead atoms. The van der Waals surface area contributed by atoms with Gasteiger partial charge in [-0.25, -0.2) is 4.79 Å². The Bertz CT molecular complexity index is 1220. The summed E-state index contributed by atoms with van der Waals surface area (Å²) in [5, 5.41) is 16.1. The van der Waals surface area contributed by atoms with Crippen molar-refractivity contribution >= 4 is 28.3 Å². The average Bonchev–Trinajstić information content (AvgIpc) is 3.22. The number of anilines is 1. The third-order valence-electron chi connectivity index (χ3n) is 5.67. The van der Waals surface area contributed by atoms with Gasteiger partial charge in [0.15, 0.2) is 0 Å². The Kier molecular flexibility index (Phi) is 7.40. The van der Waals surface area contributed by atoms with E-state index >= 15 is 0 Å². The molecule has 9 heteroatoms. The molecule has 3 amide bonds. The number of thiophene rings is 1. The SMILES string of the molecule is COc1ccccc1CCC(=O)Nc1sc2c(c1C#N)CCN(C(=O)NCc1ccccn1)C2. The van der Waals surface area contributed by atoms with E-state index in [0.717, 1.165) is 27.4 Å². The number of nitriles is 1. The fourth-order valence-corrected chi connectivity index (χ4v) is 5.14. The first kappa shape index (κ1) is 23.3. The number of hydrogen-bond donors (Lipinski definition) is 2. The van der Waals surface area contributed by atoms with E-state index in [1.54, 1.807) is 18.2 Å². The molecule has 3 heterocycles. The zero-order valence-corrected chi connectivity index (χ0v) is 19.7. The number of ether oxygens (including phenoxy) is 1. The number of aromatic nitrogens is 1. The molecule has 0 atom stereocenters. The van der Waals surface area contributed by atoms with Crippen LogP contribution in [0.4, 0.5) is 9.80 Å². The Balaban J connectivity index is 1.37. The maximum atomic E-state index is 12.6. The molecule has 3 aromatic rings. The van der Waals surface area contributed by atoms with Crippen LogP contribution in [0.3, 0.4) is 0 Å². The molecule has 1 aliphatic rings.